The van der Waals surface area contributed by atoms with Crippen molar-refractivity contribution >= 4 is 23.2 Å². The van der Waals surface area contributed by atoms with Crippen molar-refractivity contribution in [3.8, 4) is 0 Å². The van der Waals surface area contributed by atoms with E-state index < -0.39 is 5.97 Å². The molecule has 1 saturated heterocycles. The number of piperidine rings is 1. The summed E-state index contributed by atoms with van der Waals surface area (Å²) >= 11 is 1.31. The van der Waals surface area contributed by atoms with Crippen LogP contribution in [0.15, 0.2) is 78.2 Å². The zero-order chi connectivity index (χ0) is 22.2. The van der Waals surface area contributed by atoms with Crippen LogP contribution in [0.3, 0.4) is 0 Å². The Bertz CT molecular complexity index is 992. The van der Waals surface area contributed by atoms with Crippen LogP contribution >= 0.6 is 11.3 Å². The molecule has 0 bridgehead atoms. The number of hydrogen-bond donors (Lipinski definition) is 0. The number of amides is 1. The van der Waals surface area contributed by atoms with E-state index in [0.717, 1.165) is 38.9 Å². The average molecular weight is 449 g/mol. The van der Waals surface area contributed by atoms with E-state index in [1.165, 1.54) is 22.0 Å². The lowest BCUT2D eigenvalue weighted by Crippen LogP contribution is -2.44. The quantitative estimate of drug-likeness (QED) is 0.482. The van der Waals surface area contributed by atoms with Crippen molar-refractivity contribution < 1.29 is 14.4 Å². The number of carbonyl (C=O) groups is 2. The van der Waals surface area contributed by atoms with Crippen LogP contribution in [-0.2, 0) is 11.3 Å². The first kappa shape index (κ1) is 22.2. The van der Waals surface area contributed by atoms with Crippen LogP contribution < -0.4 is 0 Å². The molecule has 1 aliphatic rings. The Kier molecular flexibility index (Phi) is 7.69. The number of hydroxylamine groups is 2. The molecule has 3 aromatic rings. The molecule has 1 aromatic heterocycles. The van der Waals surface area contributed by atoms with Gasteiger partial charge in [-0.25, -0.2) is 4.79 Å². The highest BCUT2D eigenvalue weighted by molar-refractivity contribution is 7.11. The molecule has 1 unspecified atom stereocenters. The maximum atomic E-state index is 13.2. The lowest BCUT2D eigenvalue weighted by atomic mass is 9.97. The molecule has 6 heteroatoms. The van der Waals surface area contributed by atoms with E-state index in [1.54, 1.807) is 24.3 Å². The Morgan fingerprint density at radius 2 is 1.75 bits per heavy atom. The van der Waals surface area contributed by atoms with Crippen LogP contribution in [-0.4, -0.2) is 48.0 Å². The van der Waals surface area contributed by atoms with Gasteiger partial charge in [0.25, 0.3) is 5.91 Å². The van der Waals surface area contributed by atoms with Crippen LogP contribution in [0.5, 0.6) is 0 Å². The molecule has 1 amide bonds. The van der Waals surface area contributed by atoms with Gasteiger partial charge in [-0.05, 0) is 60.9 Å². The fourth-order valence-corrected chi connectivity index (χ4v) is 4.69. The number of nitrogens with zero attached hydrogens (tertiary/aromatic N) is 2. The van der Waals surface area contributed by atoms with Crippen molar-refractivity contribution in [2.45, 2.75) is 19.3 Å². The standard InChI is InChI=1S/C26H28N2O3S/c29-25(23-12-5-2-6-13-23)28(31-26(30)24-14-8-18-32-24)20-22-11-7-16-27(19-22)17-15-21-9-3-1-4-10-21/h1-6,8-10,12-14,18,22H,7,11,15-17,19-20H2. The predicted octanol–water partition coefficient (Wildman–Crippen LogP) is 4.92. The van der Waals surface area contributed by atoms with E-state index in [0.29, 0.717) is 17.0 Å². The molecular formula is C26H28N2O3S. The van der Waals surface area contributed by atoms with Crippen molar-refractivity contribution in [1.82, 2.24) is 9.96 Å². The Hall–Kier alpha value is -2.96. The number of benzene rings is 2. The highest BCUT2D eigenvalue weighted by Gasteiger charge is 2.28. The molecule has 1 atom stereocenters. The molecule has 0 aliphatic carbocycles. The minimum absolute atomic E-state index is 0.253. The lowest BCUT2D eigenvalue weighted by Gasteiger charge is -2.35. The van der Waals surface area contributed by atoms with Crippen molar-refractivity contribution in [3.63, 3.8) is 0 Å². The summed E-state index contributed by atoms with van der Waals surface area (Å²) < 4.78 is 0. The number of likely N-dealkylation sites (tertiary alicyclic amines) is 1. The van der Waals surface area contributed by atoms with Crippen LogP contribution in [0, 0.1) is 5.92 Å². The zero-order valence-electron chi connectivity index (χ0n) is 18.1. The molecule has 4 rings (SSSR count). The third-order valence-electron chi connectivity index (χ3n) is 5.75. The zero-order valence-corrected chi connectivity index (χ0v) is 18.9. The molecule has 0 spiro atoms. The minimum atomic E-state index is -0.485. The molecule has 1 aliphatic heterocycles. The Morgan fingerprint density at radius 3 is 2.47 bits per heavy atom. The lowest BCUT2D eigenvalue weighted by molar-refractivity contribution is -0.0917. The van der Waals surface area contributed by atoms with Gasteiger partial charge in [0.1, 0.15) is 4.88 Å². The normalized spacial score (nSPS) is 16.4. The summed E-state index contributed by atoms with van der Waals surface area (Å²) in [5.41, 5.74) is 1.85. The summed E-state index contributed by atoms with van der Waals surface area (Å²) in [6.45, 7) is 3.34. The van der Waals surface area contributed by atoms with Crippen LogP contribution in [0.1, 0.15) is 38.4 Å². The van der Waals surface area contributed by atoms with Crippen LogP contribution in [0.25, 0.3) is 0 Å². The largest absolute Gasteiger partial charge is 0.373 e. The van der Waals surface area contributed by atoms with E-state index in [9.17, 15) is 9.59 Å². The van der Waals surface area contributed by atoms with Gasteiger partial charge in [-0.2, -0.15) is 5.06 Å². The van der Waals surface area contributed by atoms with Crippen LogP contribution in [0.2, 0.25) is 0 Å². The summed E-state index contributed by atoms with van der Waals surface area (Å²) in [7, 11) is 0. The fourth-order valence-electron chi connectivity index (χ4n) is 4.10. The second kappa shape index (κ2) is 11.1. The van der Waals surface area contributed by atoms with E-state index in [2.05, 4.69) is 29.2 Å². The number of hydrogen-bond acceptors (Lipinski definition) is 5. The highest BCUT2D eigenvalue weighted by atomic mass is 32.1. The van der Waals surface area contributed by atoms with Gasteiger partial charge in [0.2, 0.25) is 0 Å². The molecule has 2 aromatic carbocycles. The third kappa shape index (κ3) is 6.05. The van der Waals surface area contributed by atoms with Gasteiger partial charge in [-0.1, -0.05) is 54.6 Å². The molecule has 5 nitrogen and oxygen atoms in total. The molecule has 0 radical (unpaired) electrons. The van der Waals surface area contributed by atoms with E-state index in [4.69, 9.17) is 4.84 Å². The maximum Gasteiger partial charge on any atom is 0.373 e. The van der Waals surface area contributed by atoms with Gasteiger partial charge in [-0.15, -0.1) is 11.3 Å². The first-order valence-electron chi connectivity index (χ1n) is 11.1. The van der Waals surface area contributed by atoms with Crippen molar-refractivity contribution in [3.05, 3.63) is 94.2 Å². The first-order chi connectivity index (χ1) is 15.7. The van der Waals surface area contributed by atoms with E-state index in [-0.39, 0.29) is 11.8 Å². The molecular weight excluding hydrogens is 420 g/mol. The van der Waals surface area contributed by atoms with Crippen molar-refractivity contribution in [2.75, 3.05) is 26.2 Å². The van der Waals surface area contributed by atoms with Gasteiger partial charge >= 0.3 is 5.97 Å². The van der Waals surface area contributed by atoms with Gasteiger partial charge in [0.05, 0.1) is 6.54 Å². The Morgan fingerprint density at radius 1 is 1.00 bits per heavy atom. The Balaban J connectivity index is 1.41. The van der Waals surface area contributed by atoms with Gasteiger partial charge < -0.3 is 9.74 Å². The number of thiophene rings is 1. The van der Waals surface area contributed by atoms with Gasteiger partial charge in [0, 0.05) is 18.7 Å². The summed E-state index contributed by atoms with van der Waals surface area (Å²) in [4.78, 5) is 34.3. The van der Waals surface area contributed by atoms with Gasteiger partial charge in [0.15, 0.2) is 0 Å². The average Bonchev–Trinajstić information content (AvgIpc) is 3.39. The first-order valence-corrected chi connectivity index (χ1v) is 12.0. The third-order valence-corrected chi connectivity index (χ3v) is 6.60. The highest BCUT2D eigenvalue weighted by Crippen LogP contribution is 2.21. The number of rotatable bonds is 7. The molecule has 166 valence electrons. The van der Waals surface area contributed by atoms with Crippen molar-refractivity contribution in [1.29, 1.82) is 0 Å². The fraction of sp³-hybridized carbons (Fsp3) is 0.308. The summed E-state index contributed by atoms with van der Waals surface area (Å²) in [5.74, 6) is -0.513. The van der Waals surface area contributed by atoms with Gasteiger partial charge in [-0.3, -0.25) is 4.79 Å². The van der Waals surface area contributed by atoms with Crippen molar-refractivity contribution in [2.24, 2.45) is 5.92 Å². The molecule has 1 fully saturated rings. The minimum Gasteiger partial charge on any atom is -0.331 e. The topological polar surface area (TPSA) is 49.9 Å². The molecule has 0 N–H and O–H groups in total. The molecule has 2 heterocycles. The number of carbonyl (C=O) groups excluding carboxylic acids is 2. The smallest absolute Gasteiger partial charge is 0.331 e. The second-order valence-corrected chi connectivity index (χ2v) is 9.08. The maximum absolute atomic E-state index is 13.2. The van der Waals surface area contributed by atoms with Crippen LogP contribution in [0.4, 0.5) is 0 Å². The molecule has 32 heavy (non-hydrogen) atoms. The second-order valence-electron chi connectivity index (χ2n) is 8.13. The summed E-state index contributed by atoms with van der Waals surface area (Å²) in [6.07, 6.45) is 3.09. The predicted molar refractivity (Wildman–Crippen MR) is 127 cm³/mol. The molecule has 0 saturated carbocycles. The van der Waals surface area contributed by atoms with E-state index in [1.807, 2.05) is 29.6 Å². The summed E-state index contributed by atoms with van der Waals surface area (Å²) in [6, 6.07) is 23.0. The SMILES string of the molecule is O=C(ON(CC1CCCN(CCc2ccccc2)C1)C(=O)c1ccccc1)c1cccs1. The monoisotopic (exact) mass is 448 g/mol. The Labute approximate surface area is 193 Å². The van der Waals surface area contributed by atoms with E-state index >= 15 is 0 Å². The summed E-state index contributed by atoms with van der Waals surface area (Å²) in [5, 5.41) is 3.09.